The van der Waals surface area contributed by atoms with Crippen molar-refractivity contribution in [2.24, 2.45) is 4.99 Å². The first kappa shape index (κ1) is 21.3. The van der Waals surface area contributed by atoms with E-state index in [1.54, 1.807) is 6.92 Å². The Kier molecular flexibility index (Phi) is 9.34. The predicted molar refractivity (Wildman–Crippen MR) is 107 cm³/mol. The van der Waals surface area contributed by atoms with Gasteiger partial charge in [-0.3, -0.25) is 4.99 Å². The number of hydrogen-bond acceptors (Lipinski definition) is 4. The molecule has 0 aliphatic heterocycles. The highest BCUT2D eigenvalue weighted by molar-refractivity contribution is 7.91. The topological polar surface area (TPSA) is 73.8 Å². The molecule has 142 valence electrons. The molecule has 25 heavy (non-hydrogen) atoms. The number of aryl methyl sites for hydroxylation is 1. The molecule has 0 aliphatic rings. The molecule has 0 atom stereocenters. The van der Waals surface area contributed by atoms with E-state index in [1.807, 2.05) is 6.92 Å². The molecular formula is C18H32N4O2S. The Morgan fingerprint density at radius 1 is 1.20 bits per heavy atom. The number of nitrogens with one attached hydrogen (secondary N) is 2. The van der Waals surface area contributed by atoms with E-state index in [-0.39, 0.29) is 18.1 Å². The van der Waals surface area contributed by atoms with Gasteiger partial charge in [0.2, 0.25) is 0 Å². The number of anilines is 1. The number of aliphatic imine (C=N–C) groups is 1. The highest BCUT2D eigenvalue weighted by atomic mass is 32.2. The summed E-state index contributed by atoms with van der Waals surface area (Å²) in [6.07, 6.45) is 0. The van der Waals surface area contributed by atoms with Gasteiger partial charge in [-0.15, -0.1) is 0 Å². The summed E-state index contributed by atoms with van der Waals surface area (Å²) >= 11 is 0. The zero-order valence-electron chi connectivity index (χ0n) is 15.9. The maximum absolute atomic E-state index is 11.5. The quantitative estimate of drug-likeness (QED) is 0.487. The van der Waals surface area contributed by atoms with Crippen molar-refractivity contribution in [3.05, 3.63) is 29.8 Å². The Balaban J connectivity index is 2.55. The van der Waals surface area contributed by atoms with E-state index in [4.69, 9.17) is 0 Å². The first-order valence-electron chi connectivity index (χ1n) is 8.96. The molecule has 0 unspecified atom stereocenters. The number of hydrogen-bond donors (Lipinski definition) is 2. The Labute approximate surface area is 152 Å². The number of guanidine groups is 1. The molecule has 1 aromatic rings. The predicted octanol–water partition coefficient (Wildman–Crippen LogP) is 1.81. The Hall–Kier alpha value is -1.76. The average molecular weight is 369 g/mol. The van der Waals surface area contributed by atoms with Gasteiger partial charge in [0.1, 0.15) is 0 Å². The average Bonchev–Trinajstić information content (AvgIpc) is 2.58. The van der Waals surface area contributed by atoms with Gasteiger partial charge in [-0.2, -0.15) is 0 Å². The normalized spacial score (nSPS) is 12.1. The van der Waals surface area contributed by atoms with Crippen LogP contribution >= 0.6 is 0 Å². The van der Waals surface area contributed by atoms with Crippen molar-refractivity contribution in [3.63, 3.8) is 0 Å². The molecule has 0 spiro atoms. The van der Waals surface area contributed by atoms with Crippen molar-refractivity contribution in [2.45, 2.75) is 27.7 Å². The lowest BCUT2D eigenvalue weighted by atomic mass is 10.2. The molecule has 1 aromatic carbocycles. The Morgan fingerprint density at radius 2 is 1.96 bits per heavy atom. The summed E-state index contributed by atoms with van der Waals surface area (Å²) in [7, 11) is -2.98. The van der Waals surface area contributed by atoms with E-state index in [2.05, 4.69) is 58.6 Å². The van der Waals surface area contributed by atoms with Gasteiger partial charge in [-0.25, -0.2) is 8.42 Å². The van der Waals surface area contributed by atoms with Gasteiger partial charge in [-0.1, -0.05) is 19.1 Å². The van der Waals surface area contributed by atoms with Gasteiger partial charge >= 0.3 is 0 Å². The molecule has 7 heteroatoms. The molecule has 0 saturated carbocycles. The van der Waals surface area contributed by atoms with Crippen LogP contribution in [0, 0.1) is 6.92 Å². The van der Waals surface area contributed by atoms with E-state index in [0.29, 0.717) is 5.96 Å². The van der Waals surface area contributed by atoms with Gasteiger partial charge in [0.25, 0.3) is 0 Å². The minimum Gasteiger partial charge on any atom is -0.370 e. The van der Waals surface area contributed by atoms with Crippen molar-refractivity contribution in [3.8, 4) is 0 Å². The van der Waals surface area contributed by atoms with Crippen LogP contribution in [0.4, 0.5) is 5.69 Å². The molecule has 0 aromatic heterocycles. The zero-order valence-corrected chi connectivity index (χ0v) is 16.7. The standard InChI is InChI=1S/C18H32N4O2S/c1-5-19-18(21-12-14-25(23,24)7-3)20-11-13-22(6-2)17-10-8-9-16(4)15-17/h8-10,15H,5-7,11-14H2,1-4H3,(H2,19,20,21). The van der Waals surface area contributed by atoms with Crippen molar-refractivity contribution < 1.29 is 8.42 Å². The number of nitrogens with zero attached hydrogens (tertiary/aromatic N) is 2. The summed E-state index contributed by atoms with van der Waals surface area (Å²) < 4.78 is 23.1. The van der Waals surface area contributed by atoms with Crippen LogP contribution in [-0.2, 0) is 9.84 Å². The largest absolute Gasteiger partial charge is 0.370 e. The SMILES string of the molecule is CCNC(=NCCS(=O)(=O)CC)NCCN(CC)c1cccc(C)c1. The molecule has 0 saturated heterocycles. The summed E-state index contributed by atoms with van der Waals surface area (Å²) in [4.78, 5) is 6.65. The molecule has 0 amide bonds. The molecule has 0 aliphatic carbocycles. The second kappa shape index (κ2) is 11.0. The molecule has 0 bridgehead atoms. The molecule has 1 rings (SSSR count). The molecule has 0 radical (unpaired) electrons. The van der Waals surface area contributed by atoms with Crippen molar-refractivity contribution in [1.82, 2.24) is 10.6 Å². The van der Waals surface area contributed by atoms with Gasteiger partial charge < -0.3 is 15.5 Å². The Bertz CT molecular complexity index is 644. The molecular weight excluding hydrogens is 336 g/mol. The van der Waals surface area contributed by atoms with E-state index in [9.17, 15) is 8.42 Å². The van der Waals surface area contributed by atoms with Gasteiger partial charge in [0.05, 0.1) is 12.3 Å². The third-order valence-corrected chi connectivity index (χ3v) is 5.56. The molecule has 0 heterocycles. The highest BCUT2D eigenvalue weighted by Gasteiger charge is 2.07. The highest BCUT2D eigenvalue weighted by Crippen LogP contribution is 2.14. The fourth-order valence-corrected chi connectivity index (χ4v) is 3.04. The molecule has 2 N–H and O–H groups in total. The first-order valence-corrected chi connectivity index (χ1v) is 10.8. The summed E-state index contributed by atoms with van der Waals surface area (Å²) in [6.45, 7) is 11.4. The second-order valence-electron chi connectivity index (χ2n) is 5.84. The zero-order chi connectivity index (χ0) is 18.7. The third-order valence-electron chi connectivity index (χ3n) is 3.88. The number of sulfone groups is 1. The van der Waals surface area contributed by atoms with Gasteiger partial charge in [0, 0.05) is 37.6 Å². The van der Waals surface area contributed by atoms with Crippen LogP contribution in [0.2, 0.25) is 0 Å². The number of likely N-dealkylation sites (N-methyl/N-ethyl adjacent to an activating group) is 1. The summed E-state index contributed by atoms with van der Waals surface area (Å²) in [6, 6.07) is 8.46. The summed E-state index contributed by atoms with van der Waals surface area (Å²) in [5.74, 6) is 0.910. The van der Waals surface area contributed by atoms with Crippen molar-refractivity contribution in [1.29, 1.82) is 0 Å². The molecule has 0 fully saturated rings. The lowest BCUT2D eigenvalue weighted by Crippen LogP contribution is -2.42. The lowest BCUT2D eigenvalue weighted by molar-refractivity contribution is 0.597. The van der Waals surface area contributed by atoms with Crippen LogP contribution < -0.4 is 15.5 Å². The fourth-order valence-electron chi connectivity index (χ4n) is 2.39. The van der Waals surface area contributed by atoms with Crippen LogP contribution in [-0.4, -0.2) is 58.6 Å². The van der Waals surface area contributed by atoms with E-state index in [0.717, 1.165) is 26.2 Å². The fraction of sp³-hybridized carbons (Fsp3) is 0.611. The monoisotopic (exact) mass is 368 g/mol. The van der Waals surface area contributed by atoms with E-state index in [1.165, 1.54) is 11.3 Å². The second-order valence-corrected chi connectivity index (χ2v) is 8.32. The van der Waals surface area contributed by atoms with Crippen LogP contribution in [0.3, 0.4) is 0 Å². The third kappa shape index (κ3) is 8.25. The van der Waals surface area contributed by atoms with E-state index < -0.39 is 9.84 Å². The first-order chi connectivity index (χ1) is 11.9. The van der Waals surface area contributed by atoms with Gasteiger partial charge in [-0.05, 0) is 38.5 Å². The summed E-state index contributed by atoms with van der Waals surface area (Å²) in [5, 5.41) is 6.43. The van der Waals surface area contributed by atoms with Crippen molar-refractivity contribution >= 4 is 21.5 Å². The Morgan fingerprint density at radius 3 is 2.56 bits per heavy atom. The minimum atomic E-state index is -2.98. The van der Waals surface area contributed by atoms with Crippen LogP contribution in [0.15, 0.2) is 29.3 Å². The van der Waals surface area contributed by atoms with E-state index >= 15 is 0 Å². The maximum Gasteiger partial charge on any atom is 0.191 e. The van der Waals surface area contributed by atoms with Gasteiger partial charge in [0.15, 0.2) is 15.8 Å². The van der Waals surface area contributed by atoms with Crippen LogP contribution in [0.5, 0.6) is 0 Å². The van der Waals surface area contributed by atoms with Crippen LogP contribution in [0.25, 0.3) is 0 Å². The summed E-state index contributed by atoms with van der Waals surface area (Å²) in [5.41, 5.74) is 2.45. The molecule has 6 nitrogen and oxygen atoms in total. The van der Waals surface area contributed by atoms with Crippen molar-refractivity contribution in [2.75, 3.05) is 49.1 Å². The van der Waals surface area contributed by atoms with Crippen LogP contribution in [0.1, 0.15) is 26.3 Å². The maximum atomic E-state index is 11.5. The minimum absolute atomic E-state index is 0.0877. The smallest absolute Gasteiger partial charge is 0.191 e. The lowest BCUT2D eigenvalue weighted by Gasteiger charge is -2.24. The number of benzene rings is 1. The number of rotatable bonds is 10.